The number of nitrogens with zero attached hydrogens (tertiary/aromatic N) is 2. The van der Waals surface area contributed by atoms with E-state index in [0.29, 0.717) is 27.6 Å². The molecule has 1 aromatic heterocycles. The summed E-state index contributed by atoms with van der Waals surface area (Å²) in [5.74, 6) is -22.4. The number of hydrogen-bond donors (Lipinski definition) is 20. The number of phenolic OH excluding ortho intramolecular Hbond substituents is 3. The Morgan fingerprint density at radius 3 is 1.79 bits per heavy atom. The lowest BCUT2D eigenvalue weighted by Gasteiger charge is -2.31. The third-order valence-corrected chi connectivity index (χ3v) is 22.9. The van der Waals surface area contributed by atoms with Gasteiger partial charge in [-0.15, -0.1) is 0 Å². The van der Waals surface area contributed by atoms with Crippen LogP contribution in [0.3, 0.4) is 0 Å². The molecule has 43 nitrogen and oxygen atoms in total. The summed E-state index contributed by atoms with van der Waals surface area (Å²) >= 11 is 0. The van der Waals surface area contributed by atoms with Crippen molar-refractivity contribution in [3.8, 4) is 17.2 Å². The SMILES string of the molecule is COC(=O)CC[C@@H]1NC(=O)[C@H](Cc2c[nH]c3ccccc23)NC(=O)C2CC(=O)O[C@H](C)[C@H](NC(=O)[C@H](CCC(N)=O)NC(=O)[C@@H]3CCCN3C(=O)[C@H](Cc3ccc(O)cc3)NC(C)=O)C(=O)N[C@@H](CC(C)C)C(=O)N[C@@H](CCCCNC(=O)CC[C@H](C(=O)N[C@@H](Cc3ccc(O)cc3)C(=O)O)NC1=O)C(=O)N[C@@H](Cc1ccc(O)cc1)C(=O)N1CCC[C@H]1C(=O)N[C@@H](CO)C(=O)N2. The molecule has 4 aliphatic rings. The number of aliphatic carboxylic acids is 1. The molecule has 0 aliphatic carbocycles. The summed E-state index contributed by atoms with van der Waals surface area (Å²) < 4.78 is 10.8. The van der Waals surface area contributed by atoms with Crippen molar-refractivity contribution in [2.24, 2.45) is 11.7 Å². The molecule has 9 rings (SSSR count). The minimum absolute atomic E-state index is 0.0109. The largest absolute Gasteiger partial charge is 0.508 e. The number of hydrogen-bond acceptors (Lipinski definition) is 25. The number of primary amides is 1. The van der Waals surface area contributed by atoms with Crippen LogP contribution >= 0.6 is 0 Å². The Morgan fingerprint density at radius 1 is 0.576 bits per heavy atom. The van der Waals surface area contributed by atoms with Crippen LogP contribution < -0.4 is 74.9 Å². The van der Waals surface area contributed by atoms with Gasteiger partial charge in [0.15, 0.2) is 0 Å². The quantitative estimate of drug-likeness (QED) is 0.0248. The Bertz CT molecular complexity index is 5030. The number of aliphatic hydroxyl groups is 1. The number of likely N-dealkylation sites (tertiary alicyclic amines) is 1. The summed E-state index contributed by atoms with van der Waals surface area (Å²) in [6.07, 6.45) is -7.54. The summed E-state index contributed by atoms with van der Waals surface area (Å²) in [7, 11) is 1.02. The normalized spacial score (nSPS) is 23.5. The third kappa shape index (κ3) is 29.6. The van der Waals surface area contributed by atoms with Crippen molar-refractivity contribution in [2.45, 2.75) is 240 Å². The van der Waals surface area contributed by atoms with Gasteiger partial charge in [-0.1, -0.05) is 68.4 Å². The lowest BCUT2D eigenvalue weighted by Crippen LogP contribution is -2.62. The summed E-state index contributed by atoms with van der Waals surface area (Å²) in [5.41, 5.74) is 7.58. The molecule has 4 aromatic carbocycles. The maximum absolute atomic E-state index is 15.7. The Hall–Kier alpha value is -14.3. The number of aliphatic hydroxyl groups excluding tert-OH is 1. The van der Waals surface area contributed by atoms with Crippen molar-refractivity contribution in [3.63, 3.8) is 0 Å². The number of carbonyl (C=O) groups is 19. The Labute approximate surface area is 758 Å². The minimum Gasteiger partial charge on any atom is -0.508 e. The van der Waals surface area contributed by atoms with Crippen molar-refractivity contribution in [2.75, 3.05) is 33.4 Å². The van der Waals surface area contributed by atoms with E-state index >= 15 is 47.9 Å². The number of phenols is 3. The van der Waals surface area contributed by atoms with E-state index in [0.717, 1.165) is 18.9 Å². The van der Waals surface area contributed by atoms with E-state index in [1.807, 2.05) is 0 Å². The van der Waals surface area contributed by atoms with Crippen molar-refractivity contribution < 1.29 is 126 Å². The molecule has 712 valence electrons. The van der Waals surface area contributed by atoms with Crippen LogP contribution in [0.25, 0.3) is 10.9 Å². The zero-order chi connectivity index (χ0) is 96.2. The van der Waals surface area contributed by atoms with Gasteiger partial charge < -0.3 is 125 Å². The highest BCUT2D eigenvalue weighted by Gasteiger charge is 2.45. The number of carboxylic acids is 1. The van der Waals surface area contributed by atoms with Crippen LogP contribution in [0.1, 0.15) is 146 Å². The number of carboxylic acid groups (broad SMARTS) is 1. The topological polar surface area (TPSA) is 649 Å². The number of benzene rings is 4. The van der Waals surface area contributed by atoms with Gasteiger partial charge in [-0.3, -0.25) is 86.3 Å². The smallest absolute Gasteiger partial charge is 0.326 e. The van der Waals surface area contributed by atoms with Crippen LogP contribution in [0.4, 0.5) is 0 Å². The summed E-state index contributed by atoms with van der Waals surface area (Å²) in [6, 6.07) is -2.09. The molecule has 1 unspecified atom stereocenters. The predicted octanol–water partition coefficient (Wildman–Crippen LogP) is -2.87. The maximum atomic E-state index is 15.7. The van der Waals surface area contributed by atoms with Crippen molar-refractivity contribution in [3.05, 3.63) is 126 Å². The number of methoxy groups -OCH3 is 1. The molecule has 0 spiro atoms. The van der Waals surface area contributed by atoms with Gasteiger partial charge in [0.25, 0.3) is 0 Å². The first-order valence-corrected chi connectivity index (χ1v) is 43.6. The van der Waals surface area contributed by atoms with Crippen LogP contribution in [0.15, 0.2) is 103 Å². The van der Waals surface area contributed by atoms with E-state index in [4.69, 9.17) is 15.2 Å². The van der Waals surface area contributed by atoms with Gasteiger partial charge in [-0.2, -0.15) is 0 Å². The second kappa shape index (κ2) is 48.4. The summed E-state index contributed by atoms with van der Waals surface area (Å²) in [5, 5.41) is 85.2. The summed E-state index contributed by atoms with van der Waals surface area (Å²) in [4.78, 5) is 283. The van der Waals surface area contributed by atoms with Gasteiger partial charge in [-0.25, -0.2) is 4.79 Å². The van der Waals surface area contributed by atoms with Gasteiger partial charge in [0, 0.05) is 88.6 Å². The molecule has 4 saturated heterocycles. The highest BCUT2D eigenvalue weighted by molar-refractivity contribution is 6.02. The van der Waals surface area contributed by atoms with E-state index < -0.39 is 267 Å². The third-order valence-electron chi connectivity index (χ3n) is 22.9. The fraction of sp³-hybridized carbons (Fsp3) is 0.494. The van der Waals surface area contributed by atoms with Gasteiger partial charge in [0.1, 0.15) is 108 Å². The number of carbonyl (C=O) groups excluding carboxylic acids is 18. The number of nitrogens with one attached hydrogen (secondary N) is 14. The molecule has 43 heteroatoms. The first-order chi connectivity index (χ1) is 62.8. The molecule has 5 heterocycles. The first kappa shape index (κ1) is 101. The fourth-order valence-corrected chi connectivity index (χ4v) is 15.9. The van der Waals surface area contributed by atoms with E-state index in [1.165, 1.54) is 90.8 Å². The van der Waals surface area contributed by atoms with Crippen LogP contribution in [0, 0.1) is 5.92 Å². The fourth-order valence-electron chi connectivity index (χ4n) is 15.9. The van der Waals surface area contributed by atoms with Crippen LogP contribution in [-0.4, -0.2) is 277 Å². The summed E-state index contributed by atoms with van der Waals surface area (Å²) in [6.45, 7) is 3.83. The van der Waals surface area contributed by atoms with E-state index in [1.54, 1.807) is 38.1 Å². The molecule has 4 aliphatic heterocycles. The van der Waals surface area contributed by atoms with E-state index in [9.17, 15) is 68.7 Å². The second-order valence-electron chi connectivity index (χ2n) is 33.5. The maximum Gasteiger partial charge on any atom is 0.326 e. The van der Waals surface area contributed by atoms with E-state index in [-0.39, 0.29) is 113 Å². The number of para-hydroxylation sites is 1. The number of amides is 16. The van der Waals surface area contributed by atoms with Crippen LogP contribution in [-0.2, 0) is 126 Å². The molecule has 16 amide bonds. The highest BCUT2D eigenvalue weighted by Crippen LogP contribution is 2.27. The molecular formula is C89H115N17O26. The molecule has 15 atom stereocenters. The second-order valence-corrected chi connectivity index (χ2v) is 33.5. The molecule has 132 heavy (non-hydrogen) atoms. The monoisotopic (exact) mass is 1840 g/mol. The number of nitrogens with two attached hydrogens (primary N) is 1. The number of aromatic amines is 1. The van der Waals surface area contributed by atoms with Crippen molar-refractivity contribution >= 4 is 123 Å². The molecule has 0 saturated carbocycles. The minimum atomic E-state index is -2.35. The zero-order valence-electron chi connectivity index (χ0n) is 73.6. The first-order valence-electron chi connectivity index (χ1n) is 43.6. The molecule has 21 N–H and O–H groups in total. The Balaban J connectivity index is 1.17. The average Bonchev–Trinajstić information content (AvgIpc) is 1.61. The average molecular weight is 1840 g/mol. The Kier molecular flexibility index (Phi) is 37.2. The number of fused-ring (bicyclic) bond motifs is 13. The highest BCUT2D eigenvalue weighted by atomic mass is 16.5. The van der Waals surface area contributed by atoms with Gasteiger partial charge in [-0.05, 0) is 148 Å². The van der Waals surface area contributed by atoms with Gasteiger partial charge >= 0.3 is 17.9 Å². The molecule has 2 bridgehead atoms. The van der Waals surface area contributed by atoms with E-state index in [2.05, 4.69) is 74.1 Å². The number of esters is 2. The van der Waals surface area contributed by atoms with Crippen molar-refractivity contribution in [1.82, 2.24) is 83.9 Å². The zero-order valence-corrected chi connectivity index (χ0v) is 73.6. The number of rotatable bonds is 26. The van der Waals surface area contributed by atoms with Crippen LogP contribution in [0.2, 0.25) is 0 Å². The van der Waals surface area contributed by atoms with Gasteiger partial charge in [0.2, 0.25) is 94.5 Å². The molecule has 0 radical (unpaired) electrons. The lowest BCUT2D eigenvalue weighted by molar-refractivity contribution is -0.154. The van der Waals surface area contributed by atoms with Crippen molar-refractivity contribution in [1.29, 1.82) is 0 Å². The molecular weight excluding hydrogens is 1720 g/mol. The van der Waals surface area contributed by atoms with Crippen LogP contribution in [0.5, 0.6) is 17.2 Å². The lowest BCUT2D eigenvalue weighted by atomic mass is 10.00. The predicted molar refractivity (Wildman–Crippen MR) is 466 cm³/mol. The molecule has 5 aromatic rings. The standard InChI is InChI=1S/C89H115N17O26/c1-46(2)38-62-80(120)94-58-14-8-9-35-91-72(113)33-30-60(78(118)102-67(89(129)130)41-51-21-27-55(111)28-22-51)95-77(117)61(31-34-73(114)131-5)96-81(121)63(42-52-44-92-57-13-7-6-12-56(52)57)98-82(122)64(99-83(123)68(45-107)103-85(125)70-16-11-37-106(70)88(128)66(101-76(58)116)40-50-19-25-54(110)26-20-50)43-74(115)132-47(3)75(86(126)100-62)104-79(119)59(29-32-71(90)112)97-84(124)69-15-10-36-105(69)87(127)65(93-48(4)108)39-49-17-23-53(109)24-18-49/h6-7,12-13,17-28,44,46-47,58-70,75,92,107,109-111H,8-11,14-16,29-43,45H2,1-5H3,(H2,90,112)(H,91,113)(H,93,108)(H,94,120)(H,95,117)(H,96,121)(H,97,124)(H,98,122)(H,99,123)(H,100,126)(H,101,116)(H,102,118)(H,103,125)(H,104,119)(H,129,130)/t47-,58+,59+,60-,61+,62+,63+,64?,65+,66+,67+,68+,69+,70+,75+/m1/s1. The Morgan fingerprint density at radius 2 is 1.15 bits per heavy atom. The number of aromatic nitrogens is 1. The number of H-pyrrole nitrogens is 1. The number of aromatic hydroxyl groups is 3. The molecule has 4 fully saturated rings. The number of ether oxygens (including phenoxy) is 2. The van der Waals surface area contributed by atoms with Gasteiger partial charge in [0.05, 0.1) is 20.1 Å².